The molecule has 0 spiro atoms. The first kappa shape index (κ1) is 10.7. The lowest BCUT2D eigenvalue weighted by molar-refractivity contribution is 0.420. The van der Waals surface area contributed by atoms with Gasteiger partial charge in [-0.2, -0.15) is 5.26 Å². The van der Waals surface area contributed by atoms with E-state index in [0.717, 1.165) is 0 Å². The summed E-state index contributed by atoms with van der Waals surface area (Å²) in [5, 5.41) is 25.7. The van der Waals surface area contributed by atoms with Crippen LogP contribution in [0.3, 0.4) is 0 Å². The molecule has 4 heteroatoms. The first-order chi connectivity index (χ1) is 5.72. The molecule has 0 atom stereocenters. The summed E-state index contributed by atoms with van der Waals surface area (Å²) >= 11 is 0. The average molecular weight is 163 g/mol. The maximum absolute atomic E-state index is 8.75. The Kier molecular flexibility index (Phi) is 5.71. The van der Waals surface area contributed by atoms with Crippen LogP contribution in [0.1, 0.15) is 6.42 Å². The monoisotopic (exact) mass is 163 g/mol. The van der Waals surface area contributed by atoms with Gasteiger partial charge < -0.3 is 10.0 Å². The Morgan fingerprint density at radius 1 is 1.58 bits per heavy atom. The van der Waals surface area contributed by atoms with Crippen molar-refractivity contribution >= 4 is 7.12 Å². The van der Waals surface area contributed by atoms with Gasteiger partial charge in [0.2, 0.25) is 0 Å². The highest BCUT2D eigenvalue weighted by molar-refractivity contribution is 6.51. The molecule has 0 saturated carbocycles. The van der Waals surface area contributed by atoms with E-state index in [1.54, 1.807) is 6.08 Å². The van der Waals surface area contributed by atoms with Gasteiger partial charge in [-0.25, -0.2) is 0 Å². The molecule has 0 aliphatic heterocycles. The molecule has 2 N–H and O–H groups in total. The van der Waals surface area contributed by atoms with Crippen LogP contribution in [0, 0.1) is 11.3 Å². The largest absolute Gasteiger partial charge is 0.488 e. The number of rotatable bonds is 4. The third kappa shape index (κ3) is 4.50. The summed E-state index contributed by atoms with van der Waals surface area (Å²) in [6, 6.07) is 1.90. The SMILES string of the molecule is C=C/C=C(\C=C/CC#N)B(O)O. The van der Waals surface area contributed by atoms with E-state index in [1.165, 1.54) is 18.2 Å². The number of allylic oxidation sites excluding steroid dienone is 5. The van der Waals surface area contributed by atoms with Crippen molar-refractivity contribution in [2.24, 2.45) is 0 Å². The molecule has 0 unspecified atom stereocenters. The van der Waals surface area contributed by atoms with Crippen LogP contribution in [0.5, 0.6) is 0 Å². The van der Waals surface area contributed by atoms with Crippen molar-refractivity contribution in [2.45, 2.75) is 6.42 Å². The van der Waals surface area contributed by atoms with Gasteiger partial charge in [-0.1, -0.05) is 30.9 Å². The number of hydrogen-bond acceptors (Lipinski definition) is 3. The topological polar surface area (TPSA) is 64.2 Å². The molecule has 0 aliphatic rings. The fraction of sp³-hybridized carbons (Fsp3) is 0.125. The van der Waals surface area contributed by atoms with E-state index >= 15 is 0 Å². The van der Waals surface area contributed by atoms with E-state index < -0.39 is 7.12 Å². The highest BCUT2D eigenvalue weighted by Crippen LogP contribution is 1.99. The van der Waals surface area contributed by atoms with Crippen LogP contribution in [-0.4, -0.2) is 17.2 Å². The van der Waals surface area contributed by atoms with E-state index in [-0.39, 0.29) is 6.42 Å². The van der Waals surface area contributed by atoms with E-state index in [1.807, 2.05) is 6.07 Å². The van der Waals surface area contributed by atoms with E-state index in [0.29, 0.717) is 5.47 Å². The minimum Gasteiger partial charge on any atom is -0.423 e. The molecule has 12 heavy (non-hydrogen) atoms. The molecule has 0 radical (unpaired) electrons. The second-order valence-electron chi connectivity index (χ2n) is 2.04. The predicted octanol–water partition coefficient (Wildman–Crippen LogP) is 0.581. The van der Waals surface area contributed by atoms with Crippen molar-refractivity contribution in [3.8, 4) is 6.07 Å². The normalized spacial score (nSPS) is 11.2. The lowest BCUT2D eigenvalue weighted by Crippen LogP contribution is -2.13. The molecular weight excluding hydrogens is 153 g/mol. The first-order valence-electron chi connectivity index (χ1n) is 3.44. The zero-order valence-electron chi connectivity index (χ0n) is 6.64. The van der Waals surface area contributed by atoms with Gasteiger partial charge in [0.05, 0.1) is 12.5 Å². The minimum absolute atomic E-state index is 0.251. The van der Waals surface area contributed by atoms with Crippen LogP contribution >= 0.6 is 0 Å². The van der Waals surface area contributed by atoms with Crippen LogP contribution < -0.4 is 0 Å². The third-order valence-electron chi connectivity index (χ3n) is 1.13. The fourth-order valence-electron chi connectivity index (χ4n) is 0.611. The molecule has 0 fully saturated rings. The second-order valence-corrected chi connectivity index (χ2v) is 2.04. The highest BCUT2D eigenvalue weighted by Gasteiger charge is 2.09. The standard InChI is InChI=1S/C8H10BNO2/c1-2-5-8(9(11)12)6-3-4-7-10/h2-3,5-6,11-12H,1,4H2/b6-3-,8-5+. The second kappa shape index (κ2) is 6.41. The number of hydrogen-bond donors (Lipinski definition) is 2. The summed E-state index contributed by atoms with van der Waals surface area (Å²) in [7, 11) is -1.52. The molecule has 62 valence electrons. The van der Waals surface area contributed by atoms with Crippen molar-refractivity contribution in [1.82, 2.24) is 0 Å². The molecule has 0 heterocycles. The van der Waals surface area contributed by atoms with Crippen molar-refractivity contribution in [3.05, 3.63) is 36.4 Å². The van der Waals surface area contributed by atoms with Crippen molar-refractivity contribution in [1.29, 1.82) is 5.26 Å². The van der Waals surface area contributed by atoms with Crippen LogP contribution in [-0.2, 0) is 0 Å². The van der Waals surface area contributed by atoms with Gasteiger partial charge in [0.25, 0.3) is 0 Å². The Bertz CT molecular complexity index is 238. The van der Waals surface area contributed by atoms with Crippen molar-refractivity contribution < 1.29 is 10.0 Å². The summed E-state index contributed by atoms with van der Waals surface area (Å²) in [6.45, 7) is 3.41. The van der Waals surface area contributed by atoms with Gasteiger partial charge in [0.1, 0.15) is 0 Å². The molecular formula is C8H10BNO2. The Balaban J connectivity index is 4.25. The number of nitriles is 1. The fourth-order valence-corrected chi connectivity index (χ4v) is 0.611. The molecule has 0 aromatic rings. The maximum atomic E-state index is 8.75. The zero-order valence-corrected chi connectivity index (χ0v) is 6.64. The van der Waals surface area contributed by atoms with Gasteiger partial charge in [0, 0.05) is 0 Å². The van der Waals surface area contributed by atoms with Crippen LogP contribution in [0.25, 0.3) is 0 Å². The Morgan fingerprint density at radius 2 is 2.25 bits per heavy atom. The summed E-state index contributed by atoms with van der Waals surface area (Å²) in [5.41, 5.74) is 0.320. The lowest BCUT2D eigenvalue weighted by atomic mass is 9.79. The van der Waals surface area contributed by atoms with Gasteiger partial charge in [-0.15, -0.1) is 0 Å². The van der Waals surface area contributed by atoms with E-state index in [9.17, 15) is 0 Å². The van der Waals surface area contributed by atoms with Gasteiger partial charge in [-0.05, 0) is 5.47 Å². The smallest absolute Gasteiger partial charge is 0.423 e. The van der Waals surface area contributed by atoms with Gasteiger partial charge in [-0.3, -0.25) is 0 Å². The molecule has 0 amide bonds. The summed E-state index contributed by atoms with van der Waals surface area (Å²) in [6.07, 6.45) is 6.20. The van der Waals surface area contributed by atoms with Crippen LogP contribution in [0.4, 0.5) is 0 Å². The van der Waals surface area contributed by atoms with Crippen LogP contribution in [0.2, 0.25) is 0 Å². The van der Waals surface area contributed by atoms with Crippen molar-refractivity contribution in [3.63, 3.8) is 0 Å². The summed E-state index contributed by atoms with van der Waals surface area (Å²) in [4.78, 5) is 0. The molecule has 0 aromatic carbocycles. The third-order valence-corrected chi connectivity index (χ3v) is 1.13. The molecule has 0 rings (SSSR count). The Labute approximate surface area is 72.1 Å². The highest BCUT2D eigenvalue weighted by atomic mass is 16.4. The first-order valence-corrected chi connectivity index (χ1v) is 3.44. The quantitative estimate of drug-likeness (QED) is 0.470. The minimum atomic E-state index is -1.52. The molecule has 0 aliphatic carbocycles. The van der Waals surface area contributed by atoms with E-state index in [2.05, 4.69) is 6.58 Å². The van der Waals surface area contributed by atoms with E-state index in [4.69, 9.17) is 15.3 Å². The summed E-state index contributed by atoms with van der Waals surface area (Å²) in [5.74, 6) is 0. The maximum Gasteiger partial charge on any atom is 0.488 e. The van der Waals surface area contributed by atoms with Gasteiger partial charge >= 0.3 is 7.12 Å². The zero-order chi connectivity index (χ0) is 9.40. The lowest BCUT2D eigenvalue weighted by Gasteiger charge is -1.96. The van der Waals surface area contributed by atoms with Crippen molar-refractivity contribution in [2.75, 3.05) is 0 Å². The molecule has 0 aromatic heterocycles. The van der Waals surface area contributed by atoms with Crippen LogP contribution in [0.15, 0.2) is 36.4 Å². The average Bonchev–Trinajstić information content (AvgIpc) is 2.03. The molecule has 3 nitrogen and oxygen atoms in total. The Morgan fingerprint density at radius 3 is 2.67 bits per heavy atom. The summed E-state index contributed by atoms with van der Waals surface area (Å²) < 4.78 is 0. The predicted molar refractivity (Wildman–Crippen MR) is 47.8 cm³/mol. The molecule has 0 bridgehead atoms. The number of nitrogens with zero attached hydrogens (tertiary/aromatic N) is 1. The molecule has 0 saturated heterocycles. The Hall–Kier alpha value is -1.31. The van der Waals surface area contributed by atoms with Gasteiger partial charge in [0.15, 0.2) is 0 Å².